The molecule has 0 heterocycles. The minimum atomic E-state index is -0.545. The van der Waals surface area contributed by atoms with E-state index in [1.165, 1.54) is 18.2 Å². The molecule has 21 heavy (non-hydrogen) atoms. The highest BCUT2D eigenvalue weighted by molar-refractivity contribution is 5.61. The number of benzene rings is 2. The summed E-state index contributed by atoms with van der Waals surface area (Å²) in [5.74, 6) is 0.161. The molecule has 0 atom stereocenters. The third kappa shape index (κ3) is 3.28. The van der Waals surface area contributed by atoms with Gasteiger partial charge in [-0.05, 0) is 19.1 Å². The van der Waals surface area contributed by atoms with Crippen molar-refractivity contribution in [1.82, 2.24) is 0 Å². The fourth-order valence-corrected chi connectivity index (χ4v) is 1.94. The van der Waals surface area contributed by atoms with Gasteiger partial charge in [-0.1, -0.05) is 17.7 Å². The smallest absolute Gasteiger partial charge is 0.270 e. The summed E-state index contributed by atoms with van der Waals surface area (Å²) in [7, 11) is 0. The van der Waals surface area contributed by atoms with E-state index in [9.17, 15) is 15.2 Å². The van der Waals surface area contributed by atoms with Gasteiger partial charge >= 0.3 is 0 Å². The van der Waals surface area contributed by atoms with Crippen LogP contribution in [0.2, 0.25) is 0 Å². The van der Waals surface area contributed by atoms with E-state index >= 15 is 0 Å². The van der Waals surface area contributed by atoms with Crippen LogP contribution in [-0.4, -0.2) is 10.0 Å². The Labute approximate surface area is 121 Å². The van der Waals surface area contributed by atoms with Gasteiger partial charge in [0.25, 0.3) is 5.69 Å². The van der Waals surface area contributed by atoms with Crippen molar-refractivity contribution >= 4 is 11.4 Å². The number of nitriles is 1. The van der Waals surface area contributed by atoms with Crippen LogP contribution in [0.15, 0.2) is 36.4 Å². The lowest BCUT2D eigenvalue weighted by Gasteiger charge is -2.10. The molecule has 106 valence electrons. The predicted octanol–water partition coefficient (Wildman–Crippen LogP) is 3.09. The van der Waals surface area contributed by atoms with Gasteiger partial charge in [-0.3, -0.25) is 10.1 Å². The molecule has 2 aromatic rings. The number of phenolic OH excluding ortho intramolecular Hbond substituents is 1. The standard InChI is InChI=1S/C15H13N3O3/c1-10-2-5-15(19)12(6-10)9-17-14-4-3-13(18(20)21)7-11(14)8-16/h2-7,17,19H,9H2,1H3. The van der Waals surface area contributed by atoms with Gasteiger partial charge in [-0.2, -0.15) is 5.26 Å². The molecule has 0 unspecified atom stereocenters. The lowest BCUT2D eigenvalue weighted by Crippen LogP contribution is -2.02. The van der Waals surface area contributed by atoms with E-state index in [4.69, 9.17) is 5.26 Å². The number of aromatic hydroxyl groups is 1. The van der Waals surface area contributed by atoms with Gasteiger partial charge in [0.15, 0.2) is 0 Å². The third-order valence-electron chi connectivity index (χ3n) is 3.04. The Morgan fingerprint density at radius 1 is 1.33 bits per heavy atom. The summed E-state index contributed by atoms with van der Waals surface area (Å²) in [6, 6.07) is 11.2. The van der Waals surface area contributed by atoms with Crippen molar-refractivity contribution in [3.05, 3.63) is 63.2 Å². The van der Waals surface area contributed by atoms with Crippen molar-refractivity contribution in [2.75, 3.05) is 5.32 Å². The monoisotopic (exact) mass is 283 g/mol. The number of aryl methyl sites for hydroxylation is 1. The first-order valence-corrected chi connectivity index (χ1v) is 6.22. The number of anilines is 1. The maximum absolute atomic E-state index is 10.7. The molecule has 0 aliphatic heterocycles. The molecule has 6 heteroatoms. The van der Waals surface area contributed by atoms with Crippen molar-refractivity contribution in [3.8, 4) is 11.8 Å². The third-order valence-corrected chi connectivity index (χ3v) is 3.04. The van der Waals surface area contributed by atoms with Crippen LogP contribution in [-0.2, 0) is 6.54 Å². The summed E-state index contributed by atoms with van der Waals surface area (Å²) in [6.07, 6.45) is 0. The van der Waals surface area contributed by atoms with Crippen LogP contribution in [0.25, 0.3) is 0 Å². The lowest BCUT2D eigenvalue weighted by molar-refractivity contribution is -0.384. The first kappa shape index (κ1) is 14.3. The van der Waals surface area contributed by atoms with Gasteiger partial charge in [-0.25, -0.2) is 0 Å². The molecule has 0 saturated carbocycles. The van der Waals surface area contributed by atoms with Crippen molar-refractivity contribution in [2.45, 2.75) is 13.5 Å². The first-order valence-electron chi connectivity index (χ1n) is 6.22. The molecular formula is C15H13N3O3. The number of hydrogen-bond donors (Lipinski definition) is 2. The molecule has 0 radical (unpaired) electrons. The van der Waals surface area contributed by atoms with Gasteiger partial charge < -0.3 is 10.4 Å². The van der Waals surface area contributed by atoms with Gasteiger partial charge in [0.1, 0.15) is 11.8 Å². The van der Waals surface area contributed by atoms with Crippen LogP contribution < -0.4 is 5.32 Å². The Hall–Kier alpha value is -3.07. The molecule has 0 aromatic heterocycles. The fourth-order valence-electron chi connectivity index (χ4n) is 1.94. The highest BCUT2D eigenvalue weighted by Gasteiger charge is 2.11. The SMILES string of the molecule is Cc1ccc(O)c(CNc2ccc([N+](=O)[O-])cc2C#N)c1. The van der Waals surface area contributed by atoms with Crippen LogP contribution in [0.5, 0.6) is 5.75 Å². The maximum Gasteiger partial charge on any atom is 0.270 e. The Morgan fingerprint density at radius 3 is 2.76 bits per heavy atom. The maximum atomic E-state index is 10.7. The van der Waals surface area contributed by atoms with E-state index in [-0.39, 0.29) is 17.0 Å². The summed E-state index contributed by atoms with van der Waals surface area (Å²) >= 11 is 0. The number of nitro benzene ring substituents is 1. The van der Waals surface area contributed by atoms with Crippen LogP contribution in [0, 0.1) is 28.4 Å². The molecule has 2 aromatic carbocycles. The largest absolute Gasteiger partial charge is 0.508 e. The number of nitro groups is 1. The number of nitrogens with one attached hydrogen (secondary N) is 1. The van der Waals surface area contributed by atoms with E-state index in [0.717, 1.165) is 5.56 Å². The van der Waals surface area contributed by atoms with Crippen LogP contribution in [0.3, 0.4) is 0 Å². The minimum absolute atomic E-state index is 0.129. The van der Waals surface area contributed by atoms with Gasteiger partial charge in [0.05, 0.1) is 16.2 Å². The average molecular weight is 283 g/mol. The molecule has 0 spiro atoms. The summed E-state index contributed by atoms with van der Waals surface area (Å²) in [4.78, 5) is 10.1. The quantitative estimate of drug-likeness (QED) is 0.663. The van der Waals surface area contributed by atoms with Crippen molar-refractivity contribution in [3.63, 3.8) is 0 Å². The van der Waals surface area contributed by atoms with Crippen LogP contribution in [0.4, 0.5) is 11.4 Å². The van der Waals surface area contributed by atoms with E-state index < -0.39 is 4.92 Å². The zero-order valence-electron chi connectivity index (χ0n) is 11.3. The van der Waals surface area contributed by atoms with E-state index in [1.54, 1.807) is 12.1 Å². The lowest BCUT2D eigenvalue weighted by atomic mass is 10.1. The second-order valence-electron chi connectivity index (χ2n) is 4.58. The molecular weight excluding hydrogens is 270 g/mol. The second kappa shape index (κ2) is 5.92. The van der Waals surface area contributed by atoms with Gasteiger partial charge in [0, 0.05) is 24.2 Å². The fraction of sp³-hybridized carbons (Fsp3) is 0.133. The zero-order valence-corrected chi connectivity index (χ0v) is 11.3. The second-order valence-corrected chi connectivity index (χ2v) is 4.58. The van der Waals surface area contributed by atoms with Crippen molar-refractivity contribution in [1.29, 1.82) is 5.26 Å². The summed E-state index contributed by atoms with van der Waals surface area (Å²) in [5, 5.41) is 32.5. The molecule has 0 bridgehead atoms. The van der Waals surface area contributed by atoms with Crippen LogP contribution in [0.1, 0.15) is 16.7 Å². The Kier molecular flexibility index (Phi) is 4.05. The molecule has 2 rings (SSSR count). The highest BCUT2D eigenvalue weighted by atomic mass is 16.6. The number of hydrogen-bond acceptors (Lipinski definition) is 5. The molecule has 6 nitrogen and oxygen atoms in total. The Bertz CT molecular complexity index is 735. The molecule has 0 fully saturated rings. The van der Waals surface area contributed by atoms with Crippen molar-refractivity contribution in [2.24, 2.45) is 0 Å². The van der Waals surface area contributed by atoms with Crippen molar-refractivity contribution < 1.29 is 10.0 Å². The topological polar surface area (TPSA) is 99.2 Å². The first-order chi connectivity index (χ1) is 10.0. The van der Waals surface area contributed by atoms with Crippen LogP contribution >= 0.6 is 0 Å². The highest BCUT2D eigenvalue weighted by Crippen LogP contribution is 2.24. The molecule has 0 amide bonds. The number of phenols is 1. The Morgan fingerprint density at radius 2 is 2.10 bits per heavy atom. The Balaban J connectivity index is 2.22. The number of non-ortho nitro benzene ring substituents is 1. The number of rotatable bonds is 4. The predicted molar refractivity (Wildman–Crippen MR) is 78.0 cm³/mol. The number of nitrogens with zero attached hydrogens (tertiary/aromatic N) is 2. The summed E-state index contributed by atoms with van der Waals surface area (Å²) in [5.41, 5.74) is 2.25. The van der Waals surface area contributed by atoms with Gasteiger partial charge in [0.2, 0.25) is 0 Å². The normalized spacial score (nSPS) is 9.90. The zero-order chi connectivity index (χ0) is 15.4. The summed E-state index contributed by atoms with van der Waals surface area (Å²) < 4.78 is 0. The van der Waals surface area contributed by atoms with E-state index in [2.05, 4.69) is 5.32 Å². The minimum Gasteiger partial charge on any atom is -0.508 e. The molecule has 0 saturated heterocycles. The molecule has 0 aliphatic rings. The van der Waals surface area contributed by atoms with E-state index in [0.29, 0.717) is 17.8 Å². The average Bonchev–Trinajstić information content (AvgIpc) is 2.47. The van der Waals surface area contributed by atoms with E-state index in [1.807, 2.05) is 19.1 Å². The summed E-state index contributed by atoms with van der Waals surface area (Å²) in [6.45, 7) is 2.23. The van der Waals surface area contributed by atoms with Gasteiger partial charge in [-0.15, -0.1) is 0 Å². The molecule has 2 N–H and O–H groups in total. The molecule has 0 aliphatic carbocycles.